The fourth-order valence-electron chi connectivity index (χ4n) is 2.76. The first-order chi connectivity index (χ1) is 12.1. The van der Waals surface area contributed by atoms with E-state index >= 15 is 0 Å². The molecule has 1 aliphatic rings. The van der Waals surface area contributed by atoms with E-state index in [4.69, 9.17) is 14.5 Å². The van der Waals surface area contributed by atoms with E-state index in [1.54, 1.807) is 7.11 Å². The Morgan fingerprint density at radius 3 is 2.96 bits per heavy atom. The molecular weight excluding hydrogens is 447 g/mol. The Kier molecular flexibility index (Phi) is 11.1. The molecule has 8 nitrogen and oxygen atoms in total. The van der Waals surface area contributed by atoms with Crippen LogP contribution in [0.25, 0.3) is 0 Å². The van der Waals surface area contributed by atoms with Gasteiger partial charge in [0, 0.05) is 52.1 Å². The maximum atomic E-state index is 5.92. The van der Waals surface area contributed by atoms with Crippen LogP contribution < -0.4 is 5.32 Å². The van der Waals surface area contributed by atoms with Crippen molar-refractivity contribution < 1.29 is 9.47 Å². The van der Waals surface area contributed by atoms with E-state index in [0.29, 0.717) is 6.61 Å². The van der Waals surface area contributed by atoms with Crippen LogP contribution in [0, 0.1) is 0 Å². The molecule has 1 saturated heterocycles. The lowest BCUT2D eigenvalue weighted by Crippen LogP contribution is -2.48. The summed E-state index contributed by atoms with van der Waals surface area (Å²) in [6.45, 7) is 8.62. The smallest absolute Gasteiger partial charge is 0.194 e. The third kappa shape index (κ3) is 7.37. The summed E-state index contributed by atoms with van der Waals surface area (Å²) < 4.78 is 12.8. The van der Waals surface area contributed by atoms with Gasteiger partial charge in [0.25, 0.3) is 0 Å². The van der Waals surface area contributed by atoms with Gasteiger partial charge in [0.1, 0.15) is 6.10 Å². The Bertz CT molecular complexity index is 539. The summed E-state index contributed by atoms with van der Waals surface area (Å²) in [4.78, 5) is 9.30. The molecule has 0 aromatic carbocycles. The maximum Gasteiger partial charge on any atom is 0.194 e. The van der Waals surface area contributed by atoms with Gasteiger partial charge in [-0.05, 0) is 14.0 Å². The molecule has 150 valence electrons. The van der Waals surface area contributed by atoms with Gasteiger partial charge in [-0.1, -0.05) is 0 Å². The normalized spacial score (nSPS) is 18.1. The van der Waals surface area contributed by atoms with Crippen LogP contribution in [0.2, 0.25) is 0 Å². The second-order valence-electron chi connectivity index (χ2n) is 6.28. The minimum Gasteiger partial charge on any atom is -0.383 e. The predicted molar refractivity (Wildman–Crippen MR) is 114 cm³/mol. The fraction of sp³-hybridized carbons (Fsp3) is 0.765. The zero-order valence-electron chi connectivity index (χ0n) is 16.3. The lowest BCUT2D eigenvalue weighted by molar-refractivity contribution is -0.00805. The van der Waals surface area contributed by atoms with Crippen molar-refractivity contribution >= 4 is 29.9 Å². The van der Waals surface area contributed by atoms with Gasteiger partial charge in [0.05, 0.1) is 32.5 Å². The van der Waals surface area contributed by atoms with Crippen LogP contribution in [0.1, 0.15) is 18.6 Å². The number of aryl methyl sites for hydroxylation is 1. The highest BCUT2D eigenvalue weighted by Crippen LogP contribution is 2.21. The van der Waals surface area contributed by atoms with Gasteiger partial charge in [-0.2, -0.15) is 5.10 Å². The third-order valence-corrected chi connectivity index (χ3v) is 4.22. The monoisotopic (exact) mass is 480 g/mol. The number of aliphatic imine (C=N–C) groups is 1. The largest absolute Gasteiger partial charge is 0.383 e. The molecule has 1 aromatic rings. The van der Waals surface area contributed by atoms with Crippen LogP contribution in [0.15, 0.2) is 17.4 Å². The van der Waals surface area contributed by atoms with Gasteiger partial charge < -0.3 is 24.6 Å². The summed E-state index contributed by atoms with van der Waals surface area (Å²) in [6.07, 6.45) is 3.93. The molecule has 1 aliphatic heterocycles. The summed E-state index contributed by atoms with van der Waals surface area (Å²) in [6, 6.07) is 0. The van der Waals surface area contributed by atoms with E-state index < -0.39 is 0 Å². The molecule has 26 heavy (non-hydrogen) atoms. The summed E-state index contributed by atoms with van der Waals surface area (Å²) in [7, 11) is 5.75. The number of likely N-dealkylation sites (N-methyl/N-ethyl adjacent to an activating group) is 1. The number of guanidine groups is 1. The van der Waals surface area contributed by atoms with Crippen molar-refractivity contribution in [3.8, 4) is 0 Å². The zero-order valence-corrected chi connectivity index (χ0v) is 18.7. The minimum atomic E-state index is 0. The summed E-state index contributed by atoms with van der Waals surface area (Å²) in [5.74, 6) is 0.958. The zero-order chi connectivity index (χ0) is 18.1. The van der Waals surface area contributed by atoms with Gasteiger partial charge in [0.2, 0.25) is 0 Å². The molecular formula is C17H33IN6O2. The number of ether oxygens (including phenoxy) is 2. The van der Waals surface area contributed by atoms with E-state index in [9.17, 15) is 0 Å². The molecule has 2 heterocycles. The van der Waals surface area contributed by atoms with Crippen LogP contribution in [0.5, 0.6) is 0 Å². The van der Waals surface area contributed by atoms with Crippen LogP contribution in [0.3, 0.4) is 0 Å². The average molecular weight is 480 g/mol. The molecule has 1 atom stereocenters. The molecule has 0 bridgehead atoms. The van der Waals surface area contributed by atoms with Crippen molar-refractivity contribution in [3.05, 3.63) is 18.0 Å². The van der Waals surface area contributed by atoms with Crippen LogP contribution in [-0.4, -0.2) is 92.2 Å². The standard InChI is InChI=1S/C17H32N6O2.HI/c1-5-18-17(19-6-7-21(2)8-10-24-4)23-9-11-25-16(14-23)15-12-20-22(3)13-15;/h12-13,16H,5-11,14H2,1-4H3,(H,18,19);1H. The number of morpholine rings is 1. The number of aromatic nitrogens is 2. The van der Waals surface area contributed by atoms with E-state index in [0.717, 1.165) is 57.4 Å². The van der Waals surface area contributed by atoms with Crippen molar-refractivity contribution in [2.45, 2.75) is 13.0 Å². The quantitative estimate of drug-likeness (QED) is 0.340. The summed E-state index contributed by atoms with van der Waals surface area (Å²) >= 11 is 0. The first-order valence-corrected chi connectivity index (χ1v) is 8.95. The average Bonchev–Trinajstić information content (AvgIpc) is 3.06. The molecule has 0 radical (unpaired) electrons. The molecule has 0 amide bonds. The predicted octanol–water partition coefficient (Wildman–Crippen LogP) is 0.955. The molecule has 1 aromatic heterocycles. The molecule has 9 heteroatoms. The van der Waals surface area contributed by atoms with Gasteiger partial charge in [-0.3, -0.25) is 9.67 Å². The molecule has 2 rings (SSSR count). The van der Waals surface area contributed by atoms with Crippen LogP contribution in [0.4, 0.5) is 0 Å². The van der Waals surface area contributed by atoms with E-state index in [1.807, 2.05) is 24.1 Å². The number of methoxy groups -OCH3 is 1. The van der Waals surface area contributed by atoms with E-state index in [2.05, 4.69) is 34.2 Å². The van der Waals surface area contributed by atoms with Crippen LogP contribution >= 0.6 is 24.0 Å². The minimum absolute atomic E-state index is 0. The first kappa shape index (κ1) is 23.1. The van der Waals surface area contributed by atoms with Crippen molar-refractivity contribution in [2.75, 3.05) is 66.6 Å². The number of nitrogens with one attached hydrogen (secondary N) is 1. The second kappa shape index (κ2) is 12.5. The van der Waals surface area contributed by atoms with Crippen molar-refractivity contribution in [1.29, 1.82) is 0 Å². The highest BCUT2D eigenvalue weighted by atomic mass is 127. The van der Waals surface area contributed by atoms with Gasteiger partial charge in [-0.15, -0.1) is 24.0 Å². The topological polar surface area (TPSA) is 67.2 Å². The van der Waals surface area contributed by atoms with Gasteiger partial charge >= 0.3 is 0 Å². The number of halogens is 1. The number of hydrogen-bond acceptors (Lipinski definition) is 5. The highest BCUT2D eigenvalue weighted by molar-refractivity contribution is 14.0. The SMILES string of the molecule is CCNC(=NCCN(C)CCOC)N1CCOC(c2cnn(C)c2)C1.I. The summed E-state index contributed by atoms with van der Waals surface area (Å²) in [5.41, 5.74) is 1.11. The Balaban J connectivity index is 0.00000338. The second-order valence-corrected chi connectivity index (χ2v) is 6.28. The first-order valence-electron chi connectivity index (χ1n) is 8.95. The van der Waals surface area contributed by atoms with E-state index in [-0.39, 0.29) is 30.1 Å². The van der Waals surface area contributed by atoms with E-state index in [1.165, 1.54) is 0 Å². The molecule has 1 unspecified atom stereocenters. The number of hydrogen-bond donors (Lipinski definition) is 1. The Morgan fingerprint density at radius 2 is 2.31 bits per heavy atom. The number of nitrogens with zero attached hydrogens (tertiary/aromatic N) is 5. The maximum absolute atomic E-state index is 5.92. The van der Waals surface area contributed by atoms with Crippen molar-refractivity contribution in [1.82, 2.24) is 24.9 Å². The molecule has 0 spiro atoms. The van der Waals surface area contributed by atoms with Crippen molar-refractivity contribution in [3.63, 3.8) is 0 Å². The van der Waals surface area contributed by atoms with Crippen LogP contribution in [-0.2, 0) is 16.5 Å². The van der Waals surface area contributed by atoms with Gasteiger partial charge in [0.15, 0.2) is 5.96 Å². The number of rotatable bonds is 8. The van der Waals surface area contributed by atoms with Gasteiger partial charge in [-0.25, -0.2) is 0 Å². The summed E-state index contributed by atoms with van der Waals surface area (Å²) in [5, 5.41) is 7.65. The Labute approximate surface area is 173 Å². The fourth-order valence-corrected chi connectivity index (χ4v) is 2.76. The molecule has 0 saturated carbocycles. The molecule has 1 N–H and O–H groups in total. The Morgan fingerprint density at radius 1 is 1.50 bits per heavy atom. The Hall–Kier alpha value is -0.910. The lowest BCUT2D eigenvalue weighted by Gasteiger charge is -2.34. The third-order valence-electron chi connectivity index (χ3n) is 4.22. The lowest BCUT2D eigenvalue weighted by atomic mass is 10.1. The molecule has 0 aliphatic carbocycles. The van der Waals surface area contributed by atoms with Crippen molar-refractivity contribution in [2.24, 2.45) is 12.0 Å². The molecule has 1 fully saturated rings. The highest BCUT2D eigenvalue weighted by Gasteiger charge is 2.25.